The maximum atomic E-state index is 12.9. The summed E-state index contributed by atoms with van der Waals surface area (Å²) in [5.74, 6) is -0.747. The van der Waals surface area contributed by atoms with E-state index < -0.39 is 51.0 Å². The first-order valence-corrected chi connectivity index (χ1v) is 11.6. The highest BCUT2D eigenvalue weighted by molar-refractivity contribution is 7.92. The molecule has 0 unspecified atom stereocenters. The van der Waals surface area contributed by atoms with E-state index in [1.165, 1.54) is 18.2 Å². The van der Waals surface area contributed by atoms with E-state index in [0.29, 0.717) is 12.1 Å². The number of hydrogen-bond donors (Lipinski definition) is 2. The van der Waals surface area contributed by atoms with Gasteiger partial charge in [0.25, 0.3) is 15.9 Å². The van der Waals surface area contributed by atoms with Crippen LogP contribution in [0.25, 0.3) is 0 Å². The number of alkyl halides is 6. The summed E-state index contributed by atoms with van der Waals surface area (Å²) < 4.78 is 109. The van der Waals surface area contributed by atoms with Gasteiger partial charge in [-0.2, -0.15) is 26.3 Å². The summed E-state index contributed by atoms with van der Waals surface area (Å²) in [6.45, 7) is -0.613. The lowest BCUT2D eigenvalue weighted by molar-refractivity contribution is -0.138. The van der Waals surface area contributed by atoms with Gasteiger partial charge in [0.2, 0.25) is 0 Å². The van der Waals surface area contributed by atoms with E-state index >= 15 is 0 Å². The largest absolute Gasteiger partial charge is 0.484 e. The second kappa shape index (κ2) is 10.3. The van der Waals surface area contributed by atoms with Crippen molar-refractivity contribution in [3.8, 4) is 5.75 Å². The Balaban J connectivity index is 1.61. The van der Waals surface area contributed by atoms with Crippen molar-refractivity contribution in [1.29, 1.82) is 0 Å². The summed E-state index contributed by atoms with van der Waals surface area (Å²) in [7, 11) is -4.24. The summed E-state index contributed by atoms with van der Waals surface area (Å²) in [4.78, 5) is 11.7. The molecule has 0 bridgehead atoms. The second-order valence-electron chi connectivity index (χ2n) is 7.18. The van der Waals surface area contributed by atoms with Crippen LogP contribution in [0, 0.1) is 0 Å². The van der Waals surface area contributed by atoms with E-state index in [9.17, 15) is 39.6 Å². The van der Waals surface area contributed by atoms with Gasteiger partial charge in [-0.15, -0.1) is 0 Å². The molecule has 3 aromatic rings. The lowest BCUT2D eigenvalue weighted by Crippen LogP contribution is -2.20. The Morgan fingerprint density at radius 2 is 1.53 bits per heavy atom. The van der Waals surface area contributed by atoms with Crippen LogP contribution >= 0.6 is 11.6 Å². The van der Waals surface area contributed by atoms with E-state index in [2.05, 4.69) is 5.32 Å². The van der Waals surface area contributed by atoms with Crippen molar-refractivity contribution >= 4 is 38.9 Å². The van der Waals surface area contributed by atoms with E-state index in [0.717, 1.165) is 36.4 Å². The molecule has 0 radical (unpaired) electrons. The van der Waals surface area contributed by atoms with Gasteiger partial charge in [-0.05, 0) is 60.7 Å². The van der Waals surface area contributed by atoms with E-state index in [1.807, 2.05) is 4.72 Å². The Morgan fingerprint density at radius 1 is 0.861 bits per heavy atom. The number of ether oxygens (including phenoxy) is 1. The number of anilines is 2. The number of nitrogens with one attached hydrogen (secondary N) is 2. The quantitative estimate of drug-likeness (QED) is 0.342. The smallest absolute Gasteiger partial charge is 0.417 e. The van der Waals surface area contributed by atoms with Crippen LogP contribution < -0.4 is 14.8 Å². The molecule has 36 heavy (non-hydrogen) atoms. The average molecular weight is 553 g/mol. The van der Waals surface area contributed by atoms with Gasteiger partial charge < -0.3 is 10.1 Å². The molecule has 0 heterocycles. The minimum absolute atomic E-state index is 0.0512. The highest BCUT2D eigenvalue weighted by Gasteiger charge is 2.33. The van der Waals surface area contributed by atoms with Crippen molar-refractivity contribution in [2.75, 3.05) is 16.6 Å². The lowest BCUT2D eigenvalue weighted by Gasteiger charge is -2.13. The normalized spacial score (nSPS) is 12.2. The van der Waals surface area contributed by atoms with Crippen LogP contribution in [-0.4, -0.2) is 20.9 Å². The van der Waals surface area contributed by atoms with Crippen LogP contribution in [0.15, 0.2) is 71.6 Å². The summed E-state index contributed by atoms with van der Waals surface area (Å²) in [6, 6.07) is 11.0. The molecule has 0 aliphatic rings. The number of rotatable bonds is 7. The molecule has 3 aromatic carbocycles. The lowest BCUT2D eigenvalue weighted by atomic mass is 10.2. The van der Waals surface area contributed by atoms with Gasteiger partial charge in [-0.3, -0.25) is 9.52 Å². The fourth-order valence-corrected chi connectivity index (χ4v) is 4.13. The van der Waals surface area contributed by atoms with Gasteiger partial charge >= 0.3 is 12.4 Å². The molecule has 3 rings (SSSR count). The highest BCUT2D eigenvalue weighted by Crippen LogP contribution is 2.36. The maximum absolute atomic E-state index is 12.9. The number of carbonyl (C=O) groups excluding carboxylic acids is 1. The SMILES string of the molecule is O=C(COc1ccc(S(=O)(=O)Nc2cccc(C(F)(F)F)c2)cc1)Nc1ccc(Cl)c(C(F)(F)F)c1. The number of amides is 1. The van der Waals surface area contributed by atoms with Crippen molar-refractivity contribution in [2.45, 2.75) is 17.2 Å². The number of hydrogen-bond acceptors (Lipinski definition) is 4. The second-order valence-corrected chi connectivity index (χ2v) is 9.27. The number of sulfonamides is 1. The first-order chi connectivity index (χ1) is 16.6. The highest BCUT2D eigenvalue weighted by atomic mass is 35.5. The molecule has 0 aliphatic carbocycles. The predicted octanol–water partition coefficient (Wildman–Crippen LogP) is 6.20. The third-order valence-electron chi connectivity index (χ3n) is 4.50. The molecule has 0 atom stereocenters. The number of carbonyl (C=O) groups is 1. The minimum Gasteiger partial charge on any atom is -0.484 e. The third kappa shape index (κ3) is 7.04. The van der Waals surface area contributed by atoms with E-state index in [1.54, 1.807) is 0 Å². The molecule has 2 N–H and O–H groups in total. The Labute approximate surface area is 205 Å². The van der Waals surface area contributed by atoms with Crippen LogP contribution in [0.4, 0.5) is 37.7 Å². The van der Waals surface area contributed by atoms with Gasteiger partial charge in [0, 0.05) is 11.4 Å². The summed E-state index contributed by atoms with van der Waals surface area (Å²) >= 11 is 5.52. The Bertz CT molecular complexity index is 1360. The van der Waals surface area contributed by atoms with Gasteiger partial charge in [0.15, 0.2) is 6.61 Å². The molecule has 0 aliphatic heterocycles. The molecule has 14 heteroatoms. The predicted molar refractivity (Wildman–Crippen MR) is 119 cm³/mol. The molecule has 0 aromatic heterocycles. The monoisotopic (exact) mass is 552 g/mol. The topological polar surface area (TPSA) is 84.5 Å². The summed E-state index contributed by atoms with van der Waals surface area (Å²) in [5.41, 5.74) is -2.61. The van der Waals surface area contributed by atoms with Crippen LogP contribution in [0.1, 0.15) is 11.1 Å². The zero-order valence-corrected chi connectivity index (χ0v) is 19.3. The zero-order chi connectivity index (χ0) is 26.7. The van der Waals surface area contributed by atoms with Gasteiger partial charge in [0.1, 0.15) is 5.75 Å². The van der Waals surface area contributed by atoms with Crippen molar-refractivity contribution < 1.29 is 44.3 Å². The molecule has 0 fully saturated rings. The van der Waals surface area contributed by atoms with Crippen LogP contribution in [-0.2, 0) is 27.2 Å². The molecule has 0 spiro atoms. The first kappa shape index (κ1) is 27.1. The number of halogens is 7. The first-order valence-electron chi connectivity index (χ1n) is 9.75. The maximum Gasteiger partial charge on any atom is 0.417 e. The summed E-state index contributed by atoms with van der Waals surface area (Å²) in [6.07, 6.45) is -9.37. The fraction of sp³-hybridized carbons (Fsp3) is 0.136. The van der Waals surface area contributed by atoms with Crippen LogP contribution in [0.5, 0.6) is 5.75 Å². The minimum atomic E-state index is -4.72. The van der Waals surface area contributed by atoms with Crippen LogP contribution in [0.2, 0.25) is 5.02 Å². The molecule has 0 saturated heterocycles. The molecule has 0 saturated carbocycles. The van der Waals surface area contributed by atoms with Gasteiger partial charge in [-0.1, -0.05) is 17.7 Å². The van der Waals surface area contributed by atoms with E-state index in [4.69, 9.17) is 16.3 Å². The van der Waals surface area contributed by atoms with Crippen molar-refractivity contribution in [2.24, 2.45) is 0 Å². The molecule has 6 nitrogen and oxygen atoms in total. The van der Waals surface area contributed by atoms with Crippen molar-refractivity contribution in [3.05, 3.63) is 82.9 Å². The summed E-state index contributed by atoms with van der Waals surface area (Å²) in [5, 5.41) is 1.69. The fourth-order valence-electron chi connectivity index (χ4n) is 2.85. The van der Waals surface area contributed by atoms with Crippen LogP contribution in [0.3, 0.4) is 0 Å². The van der Waals surface area contributed by atoms with Crippen molar-refractivity contribution in [3.63, 3.8) is 0 Å². The van der Waals surface area contributed by atoms with Gasteiger partial charge in [0.05, 0.1) is 21.0 Å². The zero-order valence-electron chi connectivity index (χ0n) is 17.7. The third-order valence-corrected chi connectivity index (χ3v) is 6.23. The average Bonchev–Trinajstić information content (AvgIpc) is 2.78. The Hall–Kier alpha value is -3.45. The van der Waals surface area contributed by atoms with E-state index in [-0.39, 0.29) is 22.0 Å². The molecular formula is C22H15ClF6N2O4S. The van der Waals surface area contributed by atoms with Gasteiger partial charge in [-0.25, -0.2) is 8.42 Å². The molecule has 1 amide bonds. The van der Waals surface area contributed by atoms with Crippen molar-refractivity contribution in [1.82, 2.24) is 0 Å². The number of benzene rings is 3. The Kier molecular flexibility index (Phi) is 7.74. The standard InChI is InChI=1S/C22H15ClF6N2O4S/c23-19-9-4-14(11-18(19)22(27,28)29)30-20(32)12-35-16-5-7-17(8-6-16)36(33,34)31-15-3-1-2-13(10-15)21(24,25)26/h1-11,31H,12H2,(H,30,32). The Morgan fingerprint density at radius 3 is 2.14 bits per heavy atom. The molecule has 192 valence electrons. The molecular weight excluding hydrogens is 538 g/mol.